The van der Waals surface area contributed by atoms with Gasteiger partial charge in [-0.3, -0.25) is 4.79 Å². The number of aliphatic hydroxyl groups excluding tert-OH is 1. The molecule has 0 heterocycles. The van der Waals surface area contributed by atoms with Gasteiger partial charge in [0.1, 0.15) is 0 Å². The minimum atomic E-state index is -0.427. The van der Waals surface area contributed by atoms with Crippen molar-refractivity contribution in [1.82, 2.24) is 5.32 Å². The van der Waals surface area contributed by atoms with E-state index in [-0.39, 0.29) is 17.9 Å². The molecule has 1 aliphatic carbocycles. The molecular weight excluding hydrogens is 228 g/mol. The maximum absolute atomic E-state index is 11.9. The number of nitrogens with one attached hydrogen (secondary N) is 1. The van der Waals surface area contributed by atoms with Crippen LogP contribution in [0, 0.1) is 11.3 Å². The van der Waals surface area contributed by atoms with Crippen LogP contribution in [0.15, 0.2) is 0 Å². The zero-order valence-electron chi connectivity index (χ0n) is 11.7. The highest BCUT2D eigenvalue weighted by atomic mass is 16.3. The zero-order chi connectivity index (χ0) is 13.6. The Labute approximate surface area is 110 Å². The molecule has 0 spiro atoms. The van der Waals surface area contributed by atoms with Gasteiger partial charge in [-0.05, 0) is 25.2 Å². The van der Waals surface area contributed by atoms with Crippen LogP contribution in [0.3, 0.4) is 0 Å². The van der Waals surface area contributed by atoms with Crippen LogP contribution in [0.4, 0.5) is 0 Å². The summed E-state index contributed by atoms with van der Waals surface area (Å²) in [7, 11) is 0. The maximum Gasteiger partial charge on any atom is 0.236 e. The molecule has 1 aliphatic rings. The van der Waals surface area contributed by atoms with Gasteiger partial charge in [-0.15, -0.1) is 0 Å². The minimum absolute atomic E-state index is 0.0814. The number of hydrogen-bond donors (Lipinski definition) is 3. The molecule has 1 rings (SSSR count). The molecule has 4 N–H and O–H groups in total. The van der Waals surface area contributed by atoms with E-state index in [1.54, 1.807) is 0 Å². The lowest BCUT2D eigenvalue weighted by atomic mass is 9.74. The van der Waals surface area contributed by atoms with Crippen molar-refractivity contribution in [2.75, 3.05) is 13.2 Å². The van der Waals surface area contributed by atoms with Crippen LogP contribution in [-0.2, 0) is 4.79 Å². The number of hydrogen-bond acceptors (Lipinski definition) is 3. The van der Waals surface area contributed by atoms with Crippen molar-refractivity contribution < 1.29 is 9.90 Å². The van der Waals surface area contributed by atoms with E-state index in [2.05, 4.69) is 19.2 Å². The number of rotatable bonds is 6. The molecule has 1 fully saturated rings. The summed E-state index contributed by atoms with van der Waals surface area (Å²) in [6.07, 6.45) is 6.25. The van der Waals surface area contributed by atoms with Crippen molar-refractivity contribution in [2.45, 2.75) is 58.4 Å². The van der Waals surface area contributed by atoms with Gasteiger partial charge in [0.25, 0.3) is 0 Å². The molecule has 0 aliphatic heterocycles. The lowest BCUT2D eigenvalue weighted by Crippen LogP contribution is -2.47. The third-order valence-corrected chi connectivity index (χ3v) is 3.95. The van der Waals surface area contributed by atoms with Crippen LogP contribution in [-0.4, -0.2) is 30.2 Å². The molecule has 0 saturated heterocycles. The molecule has 4 heteroatoms. The molecule has 1 saturated carbocycles. The van der Waals surface area contributed by atoms with Crippen molar-refractivity contribution in [1.29, 1.82) is 0 Å². The van der Waals surface area contributed by atoms with Gasteiger partial charge in [-0.2, -0.15) is 0 Å². The average Bonchev–Trinajstić information content (AvgIpc) is 2.36. The van der Waals surface area contributed by atoms with Gasteiger partial charge in [0.05, 0.1) is 12.6 Å². The molecule has 0 aromatic heterocycles. The zero-order valence-corrected chi connectivity index (χ0v) is 11.7. The van der Waals surface area contributed by atoms with Crippen molar-refractivity contribution in [3.05, 3.63) is 0 Å². The summed E-state index contributed by atoms with van der Waals surface area (Å²) in [5, 5.41) is 12.5. The summed E-state index contributed by atoms with van der Waals surface area (Å²) in [5.74, 6) is 0.342. The van der Waals surface area contributed by atoms with Crippen molar-refractivity contribution in [2.24, 2.45) is 17.1 Å². The average molecular weight is 256 g/mol. The third kappa shape index (κ3) is 4.58. The Hall–Kier alpha value is -0.610. The Balaban J connectivity index is 2.40. The first kappa shape index (κ1) is 15.4. The normalized spacial score (nSPS) is 20.7. The number of carbonyl (C=O) groups excluding carboxylic acids is 1. The van der Waals surface area contributed by atoms with Gasteiger partial charge in [0, 0.05) is 12.0 Å². The number of carbonyl (C=O) groups is 1. The van der Waals surface area contributed by atoms with Gasteiger partial charge in [0.15, 0.2) is 0 Å². The highest BCUT2D eigenvalue weighted by molar-refractivity contribution is 5.81. The van der Waals surface area contributed by atoms with Crippen LogP contribution in [0.25, 0.3) is 0 Å². The summed E-state index contributed by atoms with van der Waals surface area (Å²) in [6, 6.07) is -0.427. The van der Waals surface area contributed by atoms with Crippen molar-refractivity contribution in [3.63, 3.8) is 0 Å². The monoisotopic (exact) mass is 256 g/mol. The second-order valence-corrected chi connectivity index (χ2v) is 6.17. The predicted octanol–water partition coefficient (Wildman–Crippen LogP) is 1.42. The molecule has 0 aromatic rings. The Morgan fingerprint density at radius 1 is 1.33 bits per heavy atom. The highest BCUT2D eigenvalue weighted by Crippen LogP contribution is 2.35. The maximum atomic E-state index is 11.9. The molecule has 1 atom stereocenters. The molecule has 0 aromatic carbocycles. The lowest BCUT2D eigenvalue weighted by Gasteiger charge is -2.36. The van der Waals surface area contributed by atoms with E-state index in [1.165, 1.54) is 6.42 Å². The summed E-state index contributed by atoms with van der Waals surface area (Å²) >= 11 is 0. The van der Waals surface area contributed by atoms with Crippen LogP contribution in [0.1, 0.15) is 52.4 Å². The quantitative estimate of drug-likeness (QED) is 0.673. The standard InChI is InChI=1S/C14H28N2O2/c1-11(2)8-12(15)13(18)16-9-14(10-17)6-4-3-5-7-14/h11-12,17H,3-10,15H2,1-2H3,(H,16,18)/t12-/m0/s1. The summed E-state index contributed by atoms with van der Waals surface area (Å²) in [4.78, 5) is 11.9. The Bertz CT molecular complexity index is 261. The fourth-order valence-corrected chi connectivity index (χ4v) is 2.71. The van der Waals surface area contributed by atoms with Crippen LogP contribution < -0.4 is 11.1 Å². The molecule has 1 amide bonds. The van der Waals surface area contributed by atoms with Crippen molar-refractivity contribution >= 4 is 5.91 Å². The molecule has 0 unspecified atom stereocenters. The van der Waals surface area contributed by atoms with Crippen LogP contribution >= 0.6 is 0 Å². The fraction of sp³-hybridized carbons (Fsp3) is 0.929. The van der Waals surface area contributed by atoms with Gasteiger partial charge >= 0.3 is 0 Å². The van der Waals surface area contributed by atoms with Gasteiger partial charge in [-0.25, -0.2) is 0 Å². The Morgan fingerprint density at radius 2 is 1.94 bits per heavy atom. The number of amides is 1. The molecule has 4 nitrogen and oxygen atoms in total. The first-order chi connectivity index (χ1) is 8.49. The predicted molar refractivity (Wildman–Crippen MR) is 73.0 cm³/mol. The van der Waals surface area contributed by atoms with E-state index in [1.807, 2.05) is 0 Å². The number of aliphatic hydroxyl groups is 1. The molecule has 18 heavy (non-hydrogen) atoms. The Morgan fingerprint density at radius 3 is 2.44 bits per heavy atom. The van der Waals surface area contributed by atoms with E-state index in [0.717, 1.165) is 25.7 Å². The fourth-order valence-electron chi connectivity index (χ4n) is 2.71. The smallest absolute Gasteiger partial charge is 0.236 e. The van der Waals surface area contributed by atoms with E-state index in [4.69, 9.17) is 5.73 Å². The summed E-state index contributed by atoms with van der Waals surface area (Å²) in [6.45, 7) is 4.84. The first-order valence-corrected chi connectivity index (χ1v) is 7.13. The summed E-state index contributed by atoms with van der Waals surface area (Å²) < 4.78 is 0. The van der Waals surface area contributed by atoms with E-state index in [0.29, 0.717) is 18.9 Å². The van der Waals surface area contributed by atoms with Gasteiger partial charge in [0.2, 0.25) is 5.91 Å². The van der Waals surface area contributed by atoms with Gasteiger partial charge in [-0.1, -0.05) is 33.1 Å². The van der Waals surface area contributed by atoms with E-state index >= 15 is 0 Å². The summed E-state index contributed by atoms with van der Waals surface area (Å²) in [5.41, 5.74) is 5.74. The largest absolute Gasteiger partial charge is 0.396 e. The Kier molecular flexibility index (Phi) is 6.09. The van der Waals surface area contributed by atoms with Gasteiger partial charge < -0.3 is 16.2 Å². The van der Waals surface area contributed by atoms with E-state index < -0.39 is 6.04 Å². The molecule has 0 radical (unpaired) electrons. The second kappa shape index (κ2) is 7.10. The third-order valence-electron chi connectivity index (χ3n) is 3.95. The van der Waals surface area contributed by atoms with Crippen LogP contribution in [0.5, 0.6) is 0 Å². The lowest BCUT2D eigenvalue weighted by molar-refractivity contribution is -0.123. The van der Waals surface area contributed by atoms with Crippen LogP contribution in [0.2, 0.25) is 0 Å². The minimum Gasteiger partial charge on any atom is -0.396 e. The number of nitrogens with two attached hydrogens (primary N) is 1. The second-order valence-electron chi connectivity index (χ2n) is 6.17. The van der Waals surface area contributed by atoms with E-state index in [9.17, 15) is 9.90 Å². The highest BCUT2D eigenvalue weighted by Gasteiger charge is 2.32. The SMILES string of the molecule is CC(C)C[C@H](N)C(=O)NCC1(CO)CCCCC1. The molecule has 106 valence electrons. The first-order valence-electron chi connectivity index (χ1n) is 7.13. The molecular formula is C14H28N2O2. The topological polar surface area (TPSA) is 75.4 Å². The molecule has 0 bridgehead atoms. The van der Waals surface area contributed by atoms with Crippen molar-refractivity contribution in [3.8, 4) is 0 Å².